The lowest BCUT2D eigenvalue weighted by Crippen LogP contribution is -2.47. The first-order chi connectivity index (χ1) is 11.3. The van der Waals surface area contributed by atoms with E-state index in [1.54, 1.807) is 6.07 Å². The number of hydrogen-bond acceptors (Lipinski definition) is 4. The standard InChI is InChI=1S/C12H14ClNO.C5H7NO3/c13-10-6-2-1-5-9(10)12(14)8-4-3-7-11(12)15;7-4-2-1-3(6-4)5(8)9/h1-2,5-6H,3-4,7-8,14H2;3H,1-2H2,(H,6,7)(H,8,9)/t12-;3-/m10/s1. The predicted molar refractivity (Wildman–Crippen MR) is 89.6 cm³/mol. The summed E-state index contributed by atoms with van der Waals surface area (Å²) in [5.41, 5.74) is 6.11. The molecule has 2 fully saturated rings. The van der Waals surface area contributed by atoms with Gasteiger partial charge in [0, 0.05) is 17.9 Å². The predicted octanol–water partition coefficient (Wildman–Crippen LogP) is 1.99. The van der Waals surface area contributed by atoms with Crippen molar-refractivity contribution in [3.8, 4) is 0 Å². The summed E-state index contributed by atoms with van der Waals surface area (Å²) < 4.78 is 0. The number of aliphatic carboxylic acids is 1. The van der Waals surface area contributed by atoms with E-state index in [0.717, 1.165) is 18.4 Å². The van der Waals surface area contributed by atoms with E-state index in [2.05, 4.69) is 5.32 Å². The lowest BCUT2D eigenvalue weighted by Gasteiger charge is -2.32. The van der Waals surface area contributed by atoms with Crippen LogP contribution in [0.3, 0.4) is 0 Å². The summed E-state index contributed by atoms with van der Waals surface area (Å²) in [6, 6.07) is 6.72. The number of hydrogen-bond donors (Lipinski definition) is 3. The van der Waals surface area contributed by atoms with Gasteiger partial charge in [-0.15, -0.1) is 0 Å². The monoisotopic (exact) mass is 352 g/mol. The number of ketones is 1. The number of Topliss-reactive ketones (excluding diaryl/α,β-unsaturated/α-hetero) is 1. The minimum atomic E-state index is -0.944. The van der Waals surface area contributed by atoms with E-state index in [9.17, 15) is 14.4 Å². The van der Waals surface area contributed by atoms with E-state index in [0.29, 0.717) is 30.7 Å². The molecule has 1 aromatic rings. The van der Waals surface area contributed by atoms with Crippen molar-refractivity contribution in [3.63, 3.8) is 0 Å². The lowest BCUT2D eigenvalue weighted by molar-refractivity contribution is -0.140. The highest BCUT2D eigenvalue weighted by molar-refractivity contribution is 6.31. The fraction of sp³-hybridized carbons (Fsp3) is 0.471. The average Bonchev–Trinajstić information content (AvgIpc) is 2.98. The quantitative estimate of drug-likeness (QED) is 0.754. The van der Waals surface area contributed by atoms with Gasteiger partial charge in [0.05, 0.1) is 0 Å². The molecule has 24 heavy (non-hydrogen) atoms. The molecule has 4 N–H and O–H groups in total. The fourth-order valence-electron chi connectivity index (χ4n) is 2.96. The number of carbonyl (C=O) groups is 3. The summed E-state index contributed by atoms with van der Waals surface area (Å²) in [4.78, 5) is 32.4. The number of carboxylic acids is 1. The molecule has 1 heterocycles. The van der Waals surface area contributed by atoms with Crippen LogP contribution in [0.5, 0.6) is 0 Å². The van der Waals surface area contributed by atoms with E-state index in [4.69, 9.17) is 22.4 Å². The zero-order chi connectivity index (χ0) is 17.7. The molecule has 0 radical (unpaired) electrons. The van der Waals surface area contributed by atoms with Crippen molar-refractivity contribution >= 4 is 29.3 Å². The van der Waals surface area contributed by atoms with Gasteiger partial charge in [0.15, 0.2) is 5.78 Å². The number of nitrogens with two attached hydrogens (primary N) is 1. The molecule has 0 unspecified atom stereocenters. The molecule has 0 bridgehead atoms. The molecule has 6 nitrogen and oxygen atoms in total. The highest BCUT2D eigenvalue weighted by atomic mass is 35.5. The molecule has 1 aromatic carbocycles. The normalized spacial score (nSPS) is 26.3. The van der Waals surface area contributed by atoms with E-state index < -0.39 is 17.6 Å². The van der Waals surface area contributed by atoms with Crippen molar-refractivity contribution in [1.29, 1.82) is 0 Å². The zero-order valence-corrected chi connectivity index (χ0v) is 14.0. The lowest BCUT2D eigenvalue weighted by atomic mass is 9.76. The van der Waals surface area contributed by atoms with E-state index in [-0.39, 0.29) is 11.7 Å². The molecule has 7 heteroatoms. The first-order valence-corrected chi connectivity index (χ1v) is 8.32. The molecule has 3 rings (SSSR count). The van der Waals surface area contributed by atoms with Crippen LogP contribution in [0.2, 0.25) is 5.02 Å². The van der Waals surface area contributed by atoms with Crippen LogP contribution < -0.4 is 11.1 Å². The second-order valence-corrected chi connectivity index (χ2v) is 6.49. The van der Waals surface area contributed by atoms with Crippen LogP contribution in [0.15, 0.2) is 24.3 Å². The van der Waals surface area contributed by atoms with Gasteiger partial charge in [-0.25, -0.2) is 4.79 Å². The Balaban J connectivity index is 0.000000198. The van der Waals surface area contributed by atoms with Crippen molar-refractivity contribution in [2.24, 2.45) is 5.73 Å². The summed E-state index contributed by atoms with van der Waals surface area (Å²) in [7, 11) is 0. The van der Waals surface area contributed by atoms with E-state index >= 15 is 0 Å². The topological polar surface area (TPSA) is 109 Å². The zero-order valence-electron chi connectivity index (χ0n) is 13.3. The molecule has 1 amide bonds. The van der Waals surface area contributed by atoms with Crippen LogP contribution in [-0.4, -0.2) is 28.8 Å². The maximum atomic E-state index is 11.9. The van der Waals surface area contributed by atoms with Crippen molar-refractivity contribution in [2.45, 2.75) is 50.1 Å². The maximum absolute atomic E-state index is 11.9. The summed E-state index contributed by atoms with van der Waals surface area (Å²) in [6.07, 6.45) is 3.98. The summed E-state index contributed by atoms with van der Waals surface area (Å²) >= 11 is 6.08. The van der Waals surface area contributed by atoms with E-state index in [1.165, 1.54) is 0 Å². The number of halogens is 1. The molecule has 130 valence electrons. The van der Waals surface area contributed by atoms with Crippen LogP contribution in [0.1, 0.15) is 44.1 Å². The molecule has 2 atom stereocenters. The third-order valence-electron chi connectivity index (χ3n) is 4.37. The van der Waals surface area contributed by atoms with Crippen LogP contribution >= 0.6 is 11.6 Å². The summed E-state index contributed by atoms with van der Waals surface area (Å²) in [5.74, 6) is -0.995. The molecule has 1 aliphatic heterocycles. The molecule has 1 saturated heterocycles. The largest absolute Gasteiger partial charge is 0.480 e. The molecule has 1 aliphatic carbocycles. The Bertz CT molecular complexity index is 649. The maximum Gasteiger partial charge on any atom is 0.326 e. The van der Waals surface area contributed by atoms with Gasteiger partial charge in [-0.2, -0.15) is 0 Å². The van der Waals surface area contributed by atoms with E-state index in [1.807, 2.05) is 18.2 Å². The Hall–Kier alpha value is -1.92. The van der Waals surface area contributed by atoms with Crippen LogP contribution in [-0.2, 0) is 19.9 Å². The minimum absolute atomic E-state index is 0.113. The Labute approximate surface area is 145 Å². The molecular formula is C17H21ClN2O4. The first kappa shape index (κ1) is 18.4. The number of nitrogens with one attached hydrogen (secondary N) is 1. The fourth-order valence-corrected chi connectivity index (χ4v) is 3.26. The SMILES string of the molecule is N[C@@]1(c2ccccc2Cl)CCCCC1=O.O=C1CC[C@@H](C(=O)O)N1. The van der Waals surface area contributed by atoms with Gasteiger partial charge in [0.1, 0.15) is 11.6 Å². The highest BCUT2D eigenvalue weighted by Crippen LogP contribution is 2.35. The van der Waals surface area contributed by atoms with Gasteiger partial charge in [-0.05, 0) is 30.9 Å². The Morgan fingerprint density at radius 3 is 2.46 bits per heavy atom. The number of carboxylic acid groups (broad SMARTS) is 1. The minimum Gasteiger partial charge on any atom is -0.480 e. The van der Waals surface area contributed by atoms with Gasteiger partial charge in [0.2, 0.25) is 5.91 Å². The Kier molecular flexibility index (Phi) is 5.96. The summed E-state index contributed by atoms with van der Waals surface area (Å²) in [6.45, 7) is 0. The smallest absolute Gasteiger partial charge is 0.326 e. The van der Waals surface area contributed by atoms with Gasteiger partial charge in [-0.3, -0.25) is 9.59 Å². The number of carbonyl (C=O) groups excluding carboxylic acids is 2. The van der Waals surface area contributed by atoms with Gasteiger partial charge in [0.25, 0.3) is 0 Å². The van der Waals surface area contributed by atoms with Crippen molar-refractivity contribution in [3.05, 3.63) is 34.9 Å². The van der Waals surface area contributed by atoms with Crippen LogP contribution in [0.4, 0.5) is 0 Å². The Morgan fingerprint density at radius 1 is 1.25 bits per heavy atom. The van der Waals surface area contributed by atoms with Crippen molar-refractivity contribution < 1.29 is 19.5 Å². The van der Waals surface area contributed by atoms with Crippen LogP contribution in [0, 0.1) is 0 Å². The van der Waals surface area contributed by atoms with Crippen LogP contribution in [0.25, 0.3) is 0 Å². The van der Waals surface area contributed by atoms with Crippen molar-refractivity contribution in [2.75, 3.05) is 0 Å². The van der Waals surface area contributed by atoms with Gasteiger partial charge >= 0.3 is 5.97 Å². The Morgan fingerprint density at radius 2 is 1.96 bits per heavy atom. The molecular weight excluding hydrogens is 332 g/mol. The third-order valence-corrected chi connectivity index (χ3v) is 4.70. The number of benzene rings is 1. The summed E-state index contributed by atoms with van der Waals surface area (Å²) in [5, 5.41) is 11.2. The average molecular weight is 353 g/mol. The second kappa shape index (κ2) is 7.77. The second-order valence-electron chi connectivity index (χ2n) is 6.08. The third kappa shape index (κ3) is 4.13. The first-order valence-electron chi connectivity index (χ1n) is 7.94. The molecule has 0 spiro atoms. The number of amides is 1. The number of rotatable bonds is 2. The highest BCUT2D eigenvalue weighted by Gasteiger charge is 2.38. The molecule has 0 aromatic heterocycles. The van der Waals surface area contributed by atoms with Crippen molar-refractivity contribution in [1.82, 2.24) is 5.32 Å². The van der Waals surface area contributed by atoms with Gasteiger partial charge in [-0.1, -0.05) is 36.2 Å². The molecule has 2 aliphatic rings. The molecule has 1 saturated carbocycles. The van der Waals surface area contributed by atoms with Gasteiger partial charge < -0.3 is 16.2 Å².